The molecule has 3 rings (SSSR count). The van der Waals surface area contributed by atoms with Gasteiger partial charge in [-0.1, -0.05) is 0 Å². The quantitative estimate of drug-likeness (QED) is 0.612. The first-order valence-electron chi connectivity index (χ1n) is 10.6. The van der Waals surface area contributed by atoms with Crippen molar-refractivity contribution in [3.8, 4) is 17.2 Å². The standard InChI is InChI=1S/C23H31N3O6/c1-15-5-6-18(32-15)23(28)25-16-7-10-26(11-8-16)12-9-21(27)24-17-13-19(29-2)22(31-4)20(14-17)30-3/h5-6,13-14,16H,7-12H2,1-4H3,(H,24,27)(H,25,28). The fourth-order valence-electron chi connectivity index (χ4n) is 3.75. The number of hydrogen-bond acceptors (Lipinski definition) is 7. The number of nitrogens with zero attached hydrogens (tertiary/aromatic N) is 1. The smallest absolute Gasteiger partial charge is 0.287 e. The van der Waals surface area contributed by atoms with Gasteiger partial charge in [-0.05, 0) is 31.9 Å². The zero-order valence-electron chi connectivity index (χ0n) is 19.0. The number of aryl methyl sites for hydroxylation is 1. The van der Waals surface area contributed by atoms with E-state index in [2.05, 4.69) is 15.5 Å². The number of carbonyl (C=O) groups excluding carboxylic acids is 2. The van der Waals surface area contributed by atoms with Gasteiger partial charge in [0.1, 0.15) is 5.76 Å². The Bertz CT molecular complexity index is 909. The Balaban J connectivity index is 1.44. The van der Waals surface area contributed by atoms with E-state index in [4.69, 9.17) is 18.6 Å². The summed E-state index contributed by atoms with van der Waals surface area (Å²) >= 11 is 0. The van der Waals surface area contributed by atoms with E-state index in [1.165, 1.54) is 21.3 Å². The average Bonchev–Trinajstić information content (AvgIpc) is 3.24. The van der Waals surface area contributed by atoms with Crippen LogP contribution in [0.5, 0.6) is 17.2 Å². The number of ether oxygens (including phenoxy) is 3. The maximum atomic E-state index is 12.5. The molecule has 0 unspecified atom stereocenters. The Kier molecular flexibility index (Phi) is 7.99. The van der Waals surface area contributed by atoms with Gasteiger partial charge in [0.2, 0.25) is 11.7 Å². The van der Waals surface area contributed by atoms with E-state index in [0.29, 0.717) is 41.7 Å². The summed E-state index contributed by atoms with van der Waals surface area (Å²) in [6.45, 7) is 4.10. The number of furan rings is 1. The van der Waals surface area contributed by atoms with Crippen LogP contribution in [0.15, 0.2) is 28.7 Å². The number of rotatable bonds is 9. The molecule has 1 aromatic heterocycles. The van der Waals surface area contributed by atoms with Crippen LogP contribution in [0.25, 0.3) is 0 Å². The molecule has 0 aliphatic carbocycles. The fraction of sp³-hybridized carbons (Fsp3) is 0.478. The first kappa shape index (κ1) is 23.5. The number of benzene rings is 1. The van der Waals surface area contributed by atoms with Crippen LogP contribution in [0.3, 0.4) is 0 Å². The van der Waals surface area contributed by atoms with Gasteiger partial charge >= 0.3 is 0 Å². The van der Waals surface area contributed by atoms with Crippen molar-refractivity contribution in [3.05, 3.63) is 35.8 Å². The number of nitrogens with one attached hydrogen (secondary N) is 2. The summed E-state index contributed by atoms with van der Waals surface area (Å²) in [5, 5.41) is 5.91. The van der Waals surface area contributed by atoms with Gasteiger partial charge in [0.05, 0.1) is 21.3 Å². The molecule has 0 bridgehead atoms. The van der Waals surface area contributed by atoms with Crippen LogP contribution in [0.1, 0.15) is 35.6 Å². The van der Waals surface area contributed by atoms with Crippen LogP contribution in [-0.2, 0) is 4.79 Å². The van der Waals surface area contributed by atoms with E-state index in [-0.39, 0.29) is 17.9 Å². The molecule has 9 heteroatoms. The third-order valence-electron chi connectivity index (χ3n) is 5.49. The lowest BCUT2D eigenvalue weighted by atomic mass is 10.0. The summed E-state index contributed by atoms with van der Waals surface area (Å²) in [6.07, 6.45) is 2.03. The predicted octanol–water partition coefficient (Wildman–Crippen LogP) is 2.84. The van der Waals surface area contributed by atoms with Crippen LogP contribution in [0.4, 0.5) is 5.69 Å². The summed E-state index contributed by atoms with van der Waals surface area (Å²) in [4.78, 5) is 26.9. The molecule has 2 aromatic rings. The van der Waals surface area contributed by atoms with E-state index in [0.717, 1.165) is 31.7 Å². The van der Waals surface area contributed by atoms with Gasteiger partial charge in [-0.15, -0.1) is 0 Å². The zero-order chi connectivity index (χ0) is 23.1. The summed E-state index contributed by atoms with van der Waals surface area (Å²) in [5.74, 6) is 2.23. The Morgan fingerprint density at radius 3 is 2.25 bits per heavy atom. The Hall–Kier alpha value is -3.20. The van der Waals surface area contributed by atoms with Crippen molar-refractivity contribution >= 4 is 17.5 Å². The second-order valence-corrected chi connectivity index (χ2v) is 7.71. The van der Waals surface area contributed by atoms with Crippen molar-refractivity contribution < 1.29 is 28.2 Å². The number of hydrogen-bond donors (Lipinski definition) is 2. The molecular weight excluding hydrogens is 414 g/mol. The van der Waals surface area contributed by atoms with Crippen molar-refractivity contribution in [2.75, 3.05) is 46.3 Å². The van der Waals surface area contributed by atoms with Gasteiger partial charge in [-0.3, -0.25) is 9.59 Å². The summed E-state index contributed by atoms with van der Waals surface area (Å²) in [7, 11) is 4.60. The topological polar surface area (TPSA) is 102 Å². The Morgan fingerprint density at radius 1 is 1.06 bits per heavy atom. The minimum atomic E-state index is -0.179. The molecule has 0 radical (unpaired) electrons. The normalized spacial score (nSPS) is 14.6. The fourth-order valence-corrected chi connectivity index (χ4v) is 3.75. The summed E-state index contributed by atoms with van der Waals surface area (Å²) in [6, 6.07) is 6.98. The highest BCUT2D eigenvalue weighted by molar-refractivity contribution is 5.92. The van der Waals surface area contributed by atoms with E-state index in [1.807, 2.05) is 6.92 Å². The third-order valence-corrected chi connectivity index (χ3v) is 5.49. The number of likely N-dealkylation sites (tertiary alicyclic amines) is 1. The Morgan fingerprint density at radius 2 is 1.72 bits per heavy atom. The number of anilines is 1. The van der Waals surface area contributed by atoms with E-state index >= 15 is 0 Å². The van der Waals surface area contributed by atoms with Gasteiger partial charge in [-0.2, -0.15) is 0 Å². The lowest BCUT2D eigenvalue weighted by Gasteiger charge is -2.32. The minimum Gasteiger partial charge on any atom is -0.493 e. The molecule has 1 fully saturated rings. The molecule has 174 valence electrons. The van der Waals surface area contributed by atoms with Crippen molar-refractivity contribution in [3.63, 3.8) is 0 Å². The zero-order valence-corrected chi connectivity index (χ0v) is 19.0. The molecule has 0 saturated carbocycles. The molecule has 2 amide bonds. The molecule has 1 aliphatic rings. The van der Waals surface area contributed by atoms with Crippen molar-refractivity contribution in [2.24, 2.45) is 0 Å². The Labute approximate surface area is 188 Å². The first-order chi connectivity index (χ1) is 15.4. The highest BCUT2D eigenvalue weighted by atomic mass is 16.5. The van der Waals surface area contributed by atoms with Crippen LogP contribution < -0.4 is 24.8 Å². The van der Waals surface area contributed by atoms with Crippen LogP contribution in [0, 0.1) is 6.92 Å². The summed E-state index contributed by atoms with van der Waals surface area (Å²) < 4.78 is 21.3. The van der Waals surface area contributed by atoms with E-state index in [9.17, 15) is 9.59 Å². The van der Waals surface area contributed by atoms with Gasteiger partial charge in [0.15, 0.2) is 17.3 Å². The molecular formula is C23H31N3O6. The molecule has 1 aliphatic heterocycles. The molecule has 1 aromatic carbocycles. The van der Waals surface area contributed by atoms with Crippen molar-refractivity contribution in [2.45, 2.75) is 32.2 Å². The second-order valence-electron chi connectivity index (χ2n) is 7.71. The molecule has 0 atom stereocenters. The SMILES string of the molecule is COc1cc(NC(=O)CCN2CCC(NC(=O)c3ccc(C)o3)CC2)cc(OC)c1OC. The monoisotopic (exact) mass is 445 g/mol. The van der Waals surface area contributed by atoms with E-state index < -0.39 is 0 Å². The predicted molar refractivity (Wildman–Crippen MR) is 120 cm³/mol. The van der Waals surface area contributed by atoms with Crippen LogP contribution in [-0.4, -0.2) is 63.7 Å². The minimum absolute atomic E-state index is 0.0945. The largest absolute Gasteiger partial charge is 0.493 e. The summed E-state index contributed by atoms with van der Waals surface area (Å²) in [5.41, 5.74) is 0.582. The number of methoxy groups -OCH3 is 3. The second kappa shape index (κ2) is 10.9. The molecule has 2 heterocycles. The maximum absolute atomic E-state index is 12.5. The third kappa shape index (κ3) is 5.94. The lowest BCUT2D eigenvalue weighted by molar-refractivity contribution is -0.116. The van der Waals surface area contributed by atoms with Crippen LogP contribution in [0.2, 0.25) is 0 Å². The highest BCUT2D eigenvalue weighted by Gasteiger charge is 2.23. The molecule has 2 N–H and O–H groups in total. The van der Waals surface area contributed by atoms with Crippen molar-refractivity contribution in [1.29, 1.82) is 0 Å². The molecule has 1 saturated heterocycles. The van der Waals surface area contributed by atoms with Gasteiger partial charge in [0.25, 0.3) is 5.91 Å². The van der Waals surface area contributed by atoms with E-state index in [1.54, 1.807) is 24.3 Å². The van der Waals surface area contributed by atoms with Crippen LogP contribution >= 0.6 is 0 Å². The number of amides is 2. The molecule has 9 nitrogen and oxygen atoms in total. The molecule has 0 spiro atoms. The van der Waals surface area contributed by atoms with Gasteiger partial charge in [0, 0.05) is 49.9 Å². The first-order valence-corrected chi connectivity index (χ1v) is 10.6. The average molecular weight is 446 g/mol. The highest BCUT2D eigenvalue weighted by Crippen LogP contribution is 2.39. The maximum Gasteiger partial charge on any atom is 0.287 e. The van der Waals surface area contributed by atoms with Gasteiger partial charge in [-0.25, -0.2) is 0 Å². The lowest BCUT2D eigenvalue weighted by Crippen LogP contribution is -2.45. The number of piperidine rings is 1. The number of carbonyl (C=O) groups is 2. The van der Waals surface area contributed by atoms with Gasteiger partial charge < -0.3 is 34.2 Å². The molecule has 32 heavy (non-hydrogen) atoms. The van der Waals surface area contributed by atoms with Crippen molar-refractivity contribution in [1.82, 2.24) is 10.2 Å².